The molecule has 4 aromatic rings. The Morgan fingerprint density at radius 3 is 2.75 bits per heavy atom. The molecule has 140 valence electrons. The average molecular weight is 379 g/mol. The van der Waals surface area contributed by atoms with Gasteiger partial charge in [-0.15, -0.1) is 0 Å². The molecule has 0 aliphatic rings. The molecule has 0 atom stereocenters. The fraction of sp³-hybridized carbons (Fsp3) is 0.111. The van der Waals surface area contributed by atoms with Gasteiger partial charge in [0.2, 0.25) is 0 Å². The topological polar surface area (TPSA) is 112 Å². The van der Waals surface area contributed by atoms with Gasteiger partial charge in [0, 0.05) is 13.0 Å². The molecular weight excluding hydrogens is 365 g/mol. The quantitative estimate of drug-likeness (QED) is 0.544. The highest BCUT2D eigenvalue weighted by molar-refractivity contribution is 5.97. The van der Waals surface area contributed by atoms with Crippen molar-refractivity contribution in [1.82, 2.24) is 35.4 Å². The lowest BCUT2D eigenvalue weighted by Gasteiger charge is -2.08. The summed E-state index contributed by atoms with van der Waals surface area (Å²) in [5, 5.41) is 14.8. The van der Waals surface area contributed by atoms with Crippen LogP contribution in [0, 0.1) is 5.82 Å². The fourth-order valence-corrected chi connectivity index (χ4v) is 2.53. The second-order valence-electron chi connectivity index (χ2n) is 5.72. The maximum atomic E-state index is 12.9. The molecule has 0 saturated heterocycles. The monoisotopic (exact) mass is 379 g/mol. The van der Waals surface area contributed by atoms with E-state index in [1.807, 2.05) is 0 Å². The van der Waals surface area contributed by atoms with Crippen molar-refractivity contribution in [2.45, 2.75) is 6.42 Å². The van der Waals surface area contributed by atoms with Gasteiger partial charge in [0.1, 0.15) is 11.5 Å². The van der Waals surface area contributed by atoms with Crippen molar-refractivity contribution in [2.75, 3.05) is 6.54 Å². The maximum absolute atomic E-state index is 12.9. The van der Waals surface area contributed by atoms with Gasteiger partial charge in [-0.3, -0.25) is 4.79 Å². The summed E-state index contributed by atoms with van der Waals surface area (Å²) in [4.78, 5) is 22.0. The van der Waals surface area contributed by atoms with E-state index in [0.717, 1.165) is 6.20 Å². The molecule has 0 aliphatic carbocycles. The number of benzene rings is 1. The molecule has 1 N–H and O–H groups in total. The fourth-order valence-electron chi connectivity index (χ4n) is 2.53. The van der Waals surface area contributed by atoms with Crippen LogP contribution in [0.25, 0.3) is 17.3 Å². The van der Waals surface area contributed by atoms with Gasteiger partial charge < -0.3 is 9.84 Å². The third kappa shape index (κ3) is 3.75. The number of carbonyl (C=O) groups excluding carboxylic acids is 1. The molecule has 1 amide bonds. The zero-order valence-corrected chi connectivity index (χ0v) is 14.5. The van der Waals surface area contributed by atoms with Crippen molar-refractivity contribution < 1.29 is 13.7 Å². The third-order valence-corrected chi connectivity index (χ3v) is 3.83. The predicted octanol–water partition coefficient (Wildman–Crippen LogP) is 1.82. The Kier molecular flexibility index (Phi) is 4.83. The first kappa shape index (κ1) is 17.5. The van der Waals surface area contributed by atoms with E-state index in [0.29, 0.717) is 35.7 Å². The lowest BCUT2D eigenvalue weighted by atomic mass is 10.1. The highest BCUT2D eigenvalue weighted by Crippen LogP contribution is 2.15. The summed E-state index contributed by atoms with van der Waals surface area (Å²) < 4.78 is 18.1. The van der Waals surface area contributed by atoms with Crippen LogP contribution in [0.5, 0.6) is 0 Å². The number of amides is 1. The first-order valence-corrected chi connectivity index (χ1v) is 8.39. The Bertz CT molecular complexity index is 1080. The second kappa shape index (κ2) is 7.74. The summed E-state index contributed by atoms with van der Waals surface area (Å²) in [6.07, 6.45) is 4.51. The summed E-state index contributed by atoms with van der Waals surface area (Å²) in [7, 11) is 0. The minimum Gasteiger partial charge on any atom is -0.352 e. The zero-order valence-electron chi connectivity index (χ0n) is 14.5. The molecule has 4 rings (SSSR count). The van der Waals surface area contributed by atoms with Crippen molar-refractivity contribution in [1.29, 1.82) is 0 Å². The van der Waals surface area contributed by atoms with E-state index in [1.165, 1.54) is 16.9 Å². The van der Waals surface area contributed by atoms with E-state index < -0.39 is 5.82 Å². The van der Waals surface area contributed by atoms with Gasteiger partial charge in [0.05, 0.1) is 29.8 Å². The molecule has 3 aromatic heterocycles. The van der Waals surface area contributed by atoms with Crippen molar-refractivity contribution in [3.05, 3.63) is 72.2 Å². The van der Waals surface area contributed by atoms with Gasteiger partial charge in [-0.05, 0) is 24.3 Å². The predicted molar refractivity (Wildman–Crippen MR) is 94.9 cm³/mol. The highest BCUT2D eigenvalue weighted by atomic mass is 19.1. The average Bonchev–Trinajstić information content (AvgIpc) is 3.41. The number of halogens is 1. The number of nitrogens with one attached hydrogen (secondary N) is 1. The Hall–Kier alpha value is -3.95. The second-order valence-corrected chi connectivity index (χ2v) is 5.72. The SMILES string of the molecule is O=C(NCCc1noc(-c2ccc(F)cn2)n1)c1ccccc1-n1nccn1. The summed E-state index contributed by atoms with van der Waals surface area (Å²) >= 11 is 0. The third-order valence-electron chi connectivity index (χ3n) is 3.83. The molecule has 0 aliphatic heterocycles. The first-order valence-electron chi connectivity index (χ1n) is 8.39. The van der Waals surface area contributed by atoms with Crippen molar-refractivity contribution in [3.63, 3.8) is 0 Å². The van der Waals surface area contributed by atoms with Crippen LogP contribution in [-0.2, 0) is 6.42 Å². The summed E-state index contributed by atoms with van der Waals surface area (Å²) in [5.74, 6) is -0.117. The number of hydrogen-bond acceptors (Lipinski definition) is 7. The largest absolute Gasteiger partial charge is 0.352 e. The van der Waals surface area contributed by atoms with Gasteiger partial charge in [-0.2, -0.15) is 20.0 Å². The smallest absolute Gasteiger partial charge is 0.276 e. The molecule has 9 nitrogen and oxygen atoms in total. The summed E-state index contributed by atoms with van der Waals surface area (Å²) in [6.45, 7) is 0.301. The van der Waals surface area contributed by atoms with Gasteiger partial charge in [-0.1, -0.05) is 17.3 Å². The molecule has 0 bridgehead atoms. The molecule has 0 unspecified atom stereocenters. The minimum atomic E-state index is -0.447. The van der Waals surface area contributed by atoms with Crippen molar-refractivity contribution >= 4 is 5.91 Å². The van der Waals surface area contributed by atoms with E-state index >= 15 is 0 Å². The maximum Gasteiger partial charge on any atom is 0.276 e. The van der Waals surface area contributed by atoms with Crippen LogP contribution >= 0.6 is 0 Å². The van der Waals surface area contributed by atoms with E-state index in [1.54, 1.807) is 36.7 Å². The van der Waals surface area contributed by atoms with Crippen molar-refractivity contribution in [2.24, 2.45) is 0 Å². The van der Waals surface area contributed by atoms with Crippen LogP contribution in [-0.4, -0.2) is 42.6 Å². The number of pyridine rings is 1. The lowest BCUT2D eigenvalue weighted by molar-refractivity contribution is 0.0953. The van der Waals surface area contributed by atoms with Crippen LogP contribution < -0.4 is 5.32 Å². The molecule has 0 radical (unpaired) electrons. The van der Waals surface area contributed by atoms with Crippen LogP contribution in [0.2, 0.25) is 0 Å². The Morgan fingerprint density at radius 2 is 1.96 bits per heavy atom. The van der Waals surface area contributed by atoms with E-state index in [9.17, 15) is 9.18 Å². The minimum absolute atomic E-state index is 0.191. The molecule has 1 aromatic carbocycles. The molecule has 10 heteroatoms. The molecule has 0 spiro atoms. The van der Waals surface area contributed by atoms with Gasteiger partial charge >= 0.3 is 0 Å². The lowest BCUT2D eigenvalue weighted by Crippen LogP contribution is -2.27. The molecule has 0 saturated carbocycles. The van der Waals surface area contributed by atoms with Crippen LogP contribution in [0.15, 0.2) is 59.5 Å². The molecule has 3 heterocycles. The number of carbonyl (C=O) groups is 1. The molecule has 0 fully saturated rings. The van der Waals surface area contributed by atoms with Crippen LogP contribution in [0.4, 0.5) is 4.39 Å². The Morgan fingerprint density at radius 1 is 1.14 bits per heavy atom. The number of aromatic nitrogens is 6. The van der Waals surface area contributed by atoms with Gasteiger partial charge in [0.25, 0.3) is 11.8 Å². The first-order chi connectivity index (χ1) is 13.7. The molecule has 28 heavy (non-hydrogen) atoms. The van der Waals surface area contributed by atoms with E-state index in [2.05, 4.69) is 30.6 Å². The summed E-state index contributed by atoms with van der Waals surface area (Å²) in [6, 6.07) is 9.74. The number of nitrogens with zero attached hydrogens (tertiary/aromatic N) is 6. The number of rotatable bonds is 6. The number of hydrogen-bond donors (Lipinski definition) is 1. The zero-order chi connectivity index (χ0) is 19.3. The standard InChI is InChI=1S/C18H14FN7O2/c19-12-5-6-14(21-11-12)18-24-16(25-28-18)7-8-20-17(27)13-3-1-2-4-15(13)26-22-9-10-23-26/h1-6,9-11H,7-8H2,(H,20,27). The van der Waals surface area contributed by atoms with E-state index in [-0.39, 0.29) is 11.8 Å². The normalized spacial score (nSPS) is 10.8. The Labute approximate surface area is 158 Å². The summed E-state index contributed by atoms with van der Waals surface area (Å²) in [5.41, 5.74) is 1.40. The Balaban J connectivity index is 1.39. The highest BCUT2D eigenvalue weighted by Gasteiger charge is 2.14. The molecular formula is C18H14FN7O2. The van der Waals surface area contributed by atoms with E-state index in [4.69, 9.17) is 4.52 Å². The van der Waals surface area contributed by atoms with Crippen LogP contribution in [0.1, 0.15) is 16.2 Å². The number of para-hydroxylation sites is 1. The van der Waals surface area contributed by atoms with Crippen LogP contribution in [0.3, 0.4) is 0 Å². The van der Waals surface area contributed by atoms with Gasteiger partial charge in [-0.25, -0.2) is 9.37 Å². The van der Waals surface area contributed by atoms with Crippen molar-refractivity contribution in [3.8, 4) is 17.3 Å². The van der Waals surface area contributed by atoms with Gasteiger partial charge in [0.15, 0.2) is 5.82 Å².